The Morgan fingerprint density at radius 1 is 0.204 bits per heavy atom. The van der Waals surface area contributed by atoms with E-state index in [4.69, 9.17) is 184 Å². The minimum absolute atomic E-state index is 0. The molecule has 0 unspecified atom stereocenters. The molecule has 0 bridgehead atoms. The summed E-state index contributed by atoms with van der Waals surface area (Å²) in [4.78, 5) is 99.0. The van der Waals surface area contributed by atoms with Crippen molar-refractivity contribution in [3.05, 3.63) is 293 Å². The van der Waals surface area contributed by atoms with Gasteiger partial charge in [-0.1, -0.05) is 0 Å². The number of hydrogen-bond donors (Lipinski definition) is 0. The van der Waals surface area contributed by atoms with Gasteiger partial charge in [0.05, 0.1) is 146 Å². The SMILES string of the molecule is Cc1n(C)cc[n+]1C.Cc1n(C)cc[n+]1C.Cc1n(C)cc[n+]1C.Cc1n(C)cc[n+]1C.Cc1n(C)cc[n+]1C.Cc1n(C)cc[n+]1C.O=[N+]([O-])[O-].O=[N+]([O-])[O-].O=[N+]([O-])[O-].O=[N+]([O-])[O-].O=[N+]([O-])[O-].O=[N+]([O-])[O-].O=[N+]([O-])[O-].O=[N+]([O-])[O-].O=[N+]([O-])[O-].O=[N+]([O-])[O-].O=[N+]([O-])[O-].O=[N+]([O-])[O-].[Sm+3].[Sm+3]. The average Bonchev–Trinajstić information content (AvgIpc) is 1.86. The van der Waals surface area contributed by atoms with Crippen LogP contribution in [0.25, 0.3) is 0 Å². The van der Waals surface area contributed by atoms with Crippen molar-refractivity contribution < 1.29 is 169 Å². The molecule has 6 aromatic rings. The van der Waals surface area contributed by atoms with E-state index in [9.17, 15) is 0 Å². The third-order valence-electron chi connectivity index (χ3n) is 9.21. The molecule has 0 aliphatic rings. The fraction of sp³-hybridized carbons (Fsp3) is 0.500. The molecular weight excluding hydrogens is 1650 g/mol. The first-order valence-corrected chi connectivity index (χ1v) is 22.7. The van der Waals surface area contributed by atoms with Crippen molar-refractivity contribution in [2.24, 2.45) is 84.6 Å². The largest absolute Gasteiger partial charge is 3.00 e. The molecule has 0 atom stereocenters. The predicted octanol–water partition coefficient (Wildman–Crippen LogP) is -1.92. The summed E-state index contributed by atoms with van der Waals surface area (Å²) >= 11 is 0. The minimum Gasteiger partial charge on any atom is -0.356 e. The van der Waals surface area contributed by atoms with Crippen LogP contribution in [0.5, 0.6) is 0 Å². The topological polar surface area (TPSA) is 847 Å². The van der Waals surface area contributed by atoms with Gasteiger partial charge in [0.25, 0.3) is 34.9 Å². The van der Waals surface area contributed by atoms with Crippen molar-refractivity contribution in [2.75, 3.05) is 0 Å². The Morgan fingerprint density at radius 3 is 0.265 bits per heavy atom. The van der Waals surface area contributed by atoms with E-state index < -0.39 is 61.0 Å². The van der Waals surface area contributed by atoms with Crippen molar-refractivity contribution in [2.45, 2.75) is 41.5 Å². The zero-order valence-corrected chi connectivity index (χ0v) is 59.4. The van der Waals surface area contributed by atoms with Gasteiger partial charge in [-0.05, 0) is 0 Å². The monoisotopic (exact) mass is 1710 g/mol. The second-order valence-corrected chi connectivity index (χ2v) is 15.1. The number of rotatable bonds is 0. The number of nitrogens with zero attached hydrogens (tertiary/aromatic N) is 24. The molecule has 2 radical (unpaired) electrons. The third-order valence-corrected chi connectivity index (χ3v) is 9.21. The summed E-state index contributed by atoms with van der Waals surface area (Å²) in [6, 6.07) is 0. The van der Waals surface area contributed by atoms with Gasteiger partial charge in [-0.2, -0.15) is 0 Å². The summed E-state index contributed by atoms with van der Waals surface area (Å²) in [7, 11) is 24.4. The molecule has 0 saturated carbocycles. The van der Waals surface area contributed by atoms with Gasteiger partial charge in [0.1, 0.15) is 74.4 Å². The molecule has 0 amide bonds. The summed E-state index contributed by atoms with van der Waals surface area (Å²) in [6.07, 6.45) is 24.4. The Hall–Kier alpha value is -11.7. The molecule has 6 rings (SSSR count). The van der Waals surface area contributed by atoms with E-state index in [1.807, 2.05) is 159 Å². The van der Waals surface area contributed by atoms with Crippen molar-refractivity contribution in [1.29, 1.82) is 0 Å². The standard InChI is InChI=1S/6C6H11N2.12NO3.2Sm/c6*1-6-7(2)4-5-8(6)3;12*2-1(3)4;;/h6*4-5H,1-3H3;;;;;;;;;;;;;;/q6*+1;12*-1;2*+3. The maximum Gasteiger partial charge on any atom is 3.00 e. The van der Waals surface area contributed by atoms with Crippen molar-refractivity contribution in [3.8, 4) is 0 Å². The number of aromatic nitrogens is 12. The molecule has 0 aliphatic heterocycles. The van der Waals surface area contributed by atoms with Gasteiger partial charge in [0, 0.05) is 41.5 Å². The summed E-state index contributed by atoms with van der Waals surface area (Å²) in [6.45, 7) is 12.5. The van der Waals surface area contributed by atoms with E-state index >= 15 is 0 Å². The molecule has 0 spiro atoms. The fourth-order valence-corrected chi connectivity index (χ4v) is 3.99. The van der Waals surface area contributed by atoms with Gasteiger partial charge < -0.3 is 184 Å². The fourth-order valence-electron chi connectivity index (χ4n) is 3.99. The molecule has 6 heterocycles. The van der Waals surface area contributed by atoms with E-state index in [-0.39, 0.29) is 80.8 Å². The van der Waals surface area contributed by atoms with Gasteiger partial charge in [0.15, 0.2) is 0 Å². The molecule has 0 saturated heterocycles. The molecule has 0 aromatic carbocycles. The van der Waals surface area contributed by atoms with Crippen molar-refractivity contribution in [3.63, 3.8) is 0 Å². The molecular formula is C36H66N24O36Sm2. The van der Waals surface area contributed by atoms with Crippen LogP contribution in [0.3, 0.4) is 0 Å². The van der Waals surface area contributed by atoms with E-state index in [1.165, 1.54) is 34.9 Å². The summed E-state index contributed by atoms with van der Waals surface area (Å²) in [5, 5.41) is 177. The van der Waals surface area contributed by atoms with Crippen LogP contribution >= 0.6 is 0 Å². The van der Waals surface area contributed by atoms with E-state index in [1.54, 1.807) is 0 Å². The normalized spacial score (nSPS) is 7.78. The Kier molecular flexibility index (Phi) is 91.2. The predicted molar refractivity (Wildman–Crippen MR) is 312 cm³/mol. The van der Waals surface area contributed by atoms with Gasteiger partial charge in [0.2, 0.25) is 0 Å². The van der Waals surface area contributed by atoms with Crippen LogP contribution in [0, 0.1) is 306 Å². The van der Waals surface area contributed by atoms with Crippen LogP contribution in [0.1, 0.15) is 34.9 Å². The smallest absolute Gasteiger partial charge is 0.356 e. The second kappa shape index (κ2) is 74.4. The minimum atomic E-state index is -1.75. The zero-order valence-electron chi connectivity index (χ0n) is 54.2. The van der Waals surface area contributed by atoms with E-state index in [2.05, 4.69) is 96.3 Å². The van der Waals surface area contributed by atoms with Crippen LogP contribution < -0.4 is 27.4 Å². The van der Waals surface area contributed by atoms with E-state index in [0.29, 0.717) is 0 Å². The van der Waals surface area contributed by atoms with Crippen LogP contribution in [0.15, 0.2) is 74.4 Å². The van der Waals surface area contributed by atoms with Crippen LogP contribution in [0.4, 0.5) is 0 Å². The van der Waals surface area contributed by atoms with Crippen LogP contribution in [0.2, 0.25) is 0 Å². The van der Waals surface area contributed by atoms with Crippen molar-refractivity contribution >= 4 is 0 Å². The molecule has 6 aromatic heterocycles. The van der Waals surface area contributed by atoms with Gasteiger partial charge in [-0.15, -0.1) is 0 Å². The molecule has 98 heavy (non-hydrogen) atoms. The van der Waals surface area contributed by atoms with Gasteiger partial charge in [-0.3, -0.25) is 0 Å². The number of hydrogen-bond acceptors (Lipinski definition) is 36. The summed E-state index contributed by atoms with van der Waals surface area (Å²) in [5.74, 6) is 7.61. The molecule has 0 fully saturated rings. The Morgan fingerprint density at radius 2 is 0.255 bits per heavy atom. The average molecular weight is 1710 g/mol. The zero-order chi connectivity index (χ0) is 79.8. The van der Waals surface area contributed by atoms with Crippen LogP contribution in [-0.4, -0.2) is 88.4 Å². The number of imidazole rings is 6. The first kappa shape index (κ1) is 120. The van der Waals surface area contributed by atoms with E-state index in [0.717, 1.165) is 0 Å². The molecule has 558 valence electrons. The van der Waals surface area contributed by atoms with Gasteiger partial charge in [-0.25, -0.2) is 54.8 Å². The number of aryl methyl sites for hydroxylation is 12. The Balaban J connectivity index is -0.0000000641. The maximum absolute atomic E-state index is 8.25. The molecule has 0 N–H and O–H groups in total. The second-order valence-electron chi connectivity index (χ2n) is 15.1. The quantitative estimate of drug-likeness (QED) is 0.0908. The van der Waals surface area contributed by atoms with Crippen LogP contribution in [-0.2, 0) is 84.6 Å². The van der Waals surface area contributed by atoms with Gasteiger partial charge >= 0.3 is 80.8 Å². The summed E-state index contributed by atoms with van der Waals surface area (Å²) in [5.41, 5.74) is 0. The molecule has 62 heteroatoms. The Bertz CT molecular complexity index is 2400. The Labute approximate surface area is 612 Å². The van der Waals surface area contributed by atoms with Crippen molar-refractivity contribution in [1.82, 2.24) is 27.4 Å². The molecule has 0 aliphatic carbocycles. The third kappa shape index (κ3) is 133. The first-order chi connectivity index (χ1) is 43.1. The molecule has 60 nitrogen and oxygen atoms in total. The maximum atomic E-state index is 8.25. The summed E-state index contributed by atoms with van der Waals surface area (Å²) < 4.78 is 25.0. The first-order valence-electron chi connectivity index (χ1n) is 22.7.